The van der Waals surface area contributed by atoms with Gasteiger partial charge in [0, 0.05) is 19.1 Å². The molecule has 4 heteroatoms. The first kappa shape index (κ1) is 15.5. The number of hydrogen-bond acceptors (Lipinski definition) is 4. The van der Waals surface area contributed by atoms with Gasteiger partial charge in [-0.1, -0.05) is 24.3 Å². The number of rotatable bonds is 4. The maximum atomic E-state index is 12.2. The summed E-state index contributed by atoms with van der Waals surface area (Å²) in [6.45, 7) is 3.02. The smallest absolute Gasteiger partial charge is 0.323 e. The maximum absolute atomic E-state index is 12.2. The molecule has 4 nitrogen and oxygen atoms in total. The Morgan fingerprint density at radius 2 is 2.09 bits per heavy atom. The lowest BCUT2D eigenvalue weighted by molar-refractivity contribution is -0.147. The van der Waals surface area contributed by atoms with Crippen LogP contribution in [0.3, 0.4) is 0 Å². The first-order valence-corrected chi connectivity index (χ1v) is 8.28. The van der Waals surface area contributed by atoms with E-state index in [9.17, 15) is 4.79 Å². The van der Waals surface area contributed by atoms with Gasteiger partial charge >= 0.3 is 5.97 Å². The summed E-state index contributed by atoms with van der Waals surface area (Å²) in [4.78, 5) is 16.9. The number of likely N-dealkylation sites (tertiary alicyclic amines) is 1. The molecular weight excluding hydrogens is 276 g/mol. The Labute approximate surface area is 133 Å². The Morgan fingerprint density at radius 1 is 1.32 bits per heavy atom. The van der Waals surface area contributed by atoms with Crippen LogP contribution in [0.15, 0.2) is 24.3 Å². The molecule has 2 unspecified atom stereocenters. The first-order chi connectivity index (χ1) is 10.7. The third-order valence-corrected chi connectivity index (χ3v) is 5.24. The Kier molecular flexibility index (Phi) is 4.79. The zero-order valence-electron chi connectivity index (χ0n) is 13.6. The average molecular weight is 302 g/mol. The average Bonchev–Trinajstić information content (AvgIpc) is 2.96. The molecule has 2 heterocycles. The van der Waals surface area contributed by atoms with Gasteiger partial charge in [0.15, 0.2) is 0 Å². The van der Waals surface area contributed by atoms with Crippen molar-refractivity contribution in [1.82, 2.24) is 9.80 Å². The van der Waals surface area contributed by atoms with Crippen LogP contribution >= 0.6 is 0 Å². The van der Waals surface area contributed by atoms with E-state index in [0.29, 0.717) is 6.04 Å². The number of carbonyl (C=O) groups excluding carboxylic acids is 1. The van der Waals surface area contributed by atoms with Crippen LogP contribution in [0.25, 0.3) is 0 Å². The van der Waals surface area contributed by atoms with Crippen molar-refractivity contribution in [1.29, 1.82) is 0 Å². The highest BCUT2D eigenvalue weighted by Crippen LogP contribution is 2.26. The number of nitrogens with zero attached hydrogens (tertiary/aromatic N) is 2. The van der Waals surface area contributed by atoms with Gasteiger partial charge in [-0.2, -0.15) is 0 Å². The summed E-state index contributed by atoms with van der Waals surface area (Å²) in [6.07, 6.45) is 4.48. The molecule has 22 heavy (non-hydrogen) atoms. The fourth-order valence-corrected chi connectivity index (χ4v) is 3.84. The lowest BCUT2D eigenvalue weighted by atomic mass is 9.93. The highest BCUT2D eigenvalue weighted by molar-refractivity contribution is 5.76. The fourth-order valence-electron chi connectivity index (χ4n) is 3.84. The molecule has 0 bridgehead atoms. The molecule has 2 aliphatic heterocycles. The summed E-state index contributed by atoms with van der Waals surface area (Å²) in [6, 6.07) is 8.98. The van der Waals surface area contributed by atoms with Crippen LogP contribution in [0.1, 0.15) is 30.4 Å². The number of methoxy groups -OCH3 is 1. The van der Waals surface area contributed by atoms with Crippen LogP contribution in [0, 0.1) is 0 Å². The second kappa shape index (κ2) is 6.80. The minimum Gasteiger partial charge on any atom is -0.468 e. The molecule has 0 spiro atoms. The SMILES string of the molecule is COC(=O)C1Cc2ccccc2CN1CCC1CCCN1C. The molecule has 1 fully saturated rings. The summed E-state index contributed by atoms with van der Waals surface area (Å²) < 4.78 is 5.04. The van der Waals surface area contributed by atoms with Crippen molar-refractivity contribution in [3.05, 3.63) is 35.4 Å². The largest absolute Gasteiger partial charge is 0.468 e. The molecule has 2 aliphatic rings. The van der Waals surface area contributed by atoms with Crippen molar-refractivity contribution < 1.29 is 9.53 Å². The van der Waals surface area contributed by atoms with Crippen LogP contribution in [0.5, 0.6) is 0 Å². The molecular formula is C18H26N2O2. The molecule has 1 aromatic rings. The van der Waals surface area contributed by atoms with Gasteiger partial charge in [-0.15, -0.1) is 0 Å². The van der Waals surface area contributed by atoms with Crippen molar-refractivity contribution >= 4 is 5.97 Å². The van der Waals surface area contributed by atoms with E-state index in [2.05, 4.69) is 41.1 Å². The number of carbonyl (C=O) groups is 1. The summed E-state index contributed by atoms with van der Waals surface area (Å²) in [7, 11) is 3.70. The predicted octanol–water partition coefficient (Wildman–Crippen LogP) is 2.07. The van der Waals surface area contributed by atoms with Crippen molar-refractivity contribution in [2.75, 3.05) is 27.2 Å². The highest BCUT2D eigenvalue weighted by atomic mass is 16.5. The molecule has 0 aromatic heterocycles. The molecule has 0 aliphatic carbocycles. The number of esters is 1. The predicted molar refractivity (Wildman–Crippen MR) is 86.6 cm³/mol. The van der Waals surface area contributed by atoms with Crippen molar-refractivity contribution in [3.8, 4) is 0 Å². The molecule has 3 rings (SSSR count). The van der Waals surface area contributed by atoms with E-state index in [-0.39, 0.29) is 12.0 Å². The van der Waals surface area contributed by atoms with Gasteiger partial charge in [-0.05, 0) is 50.4 Å². The van der Waals surface area contributed by atoms with Gasteiger partial charge in [0.1, 0.15) is 6.04 Å². The maximum Gasteiger partial charge on any atom is 0.323 e. The Morgan fingerprint density at radius 3 is 2.77 bits per heavy atom. The van der Waals surface area contributed by atoms with Gasteiger partial charge < -0.3 is 9.64 Å². The summed E-state index contributed by atoms with van der Waals surface area (Å²) >= 11 is 0. The van der Waals surface area contributed by atoms with E-state index in [1.165, 1.54) is 37.6 Å². The van der Waals surface area contributed by atoms with Gasteiger partial charge in [0.05, 0.1) is 7.11 Å². The lowest BCUT2D eigenvalue weighted by Gasteiger charge is -2.36. The normalized spacial score (nSPS) is 25.9. The van der Waals surface area contributed by atoms with E-state index in [1.54, 1.807) is 0 Å². The summed E-state index contributed by atoms with van der Waals surface area (Å²) in [5.41, 5.74) is 2.63. The van der Waals surface area contributed by atoms with Gasteiger partial charge in [0.25, 0.3) is 0 Å². The molecule has 1 saturated heterocycles. The molecule has 0 N–H and O–H groups in total. The fraction of sp³-hybridized carbons (Fsp3) is 0.611. The van der Waals surface area contributed by atoms with Crippen molar-refractivity contribution in [2.24, 2.45) is 0 Å². The number of ether oxygens (including phenoxy) is 1. The quantitative estimate of drug-likeness (QED) is 0.797. The Bertz CT molecular complexity index is 532. The molecule has 0 amide bonds. The second-order valence-electron chi connectivity index (χ2n) is 6.55. The van der Waals surface area contributed by atoms with E-state index in [1.807, 2.05) is 0 Å². The topological polar surface area (TPSA) is 32.8 Å². The van der Waals surface area contributed by atoms with Crippen LogP contribution in [-0.2, 0) is 22.5 Å². The standard InChI is InChI=1S/C18H26N2O2/c1-19-10-5-8-16(19)9-11-20-13-15-7-4-3-6-14(15)12-17(20)18(21)22-2/h3-4,6-7,16-17H,5,8-13H2,1-2H3. The molecule has 0 saturated carbocycles. The van der Waals surface area contributed by atoms with E-state index < -0.39 is 0 Å². The third-order valence-electron chi connectivity index (χ3n) is 5.24. The number of hydrogen-bond donors (Lipinski definition) is 0. The Hall–Kier alpha value is -1.39. The highest BCUT2D eigenvalue weighted by Gasteiger charge is 2.33. The van der Waals surface area contributed by atoms with E-state index >= 15 is 0 Å². The van der Waals surface area contributed by atoms with Crippen LogP contribution in [-0.4, -0.2) is 55.1 Å². The molecule has 0 radical (unpaired) electrons. The van der Waals surface area contributed by atoms with Gasteiger partial charge in [-0.25, -0.2) is 0 Å². The van der Waals surface area contributed by atoms with E-state index in [4.69, 9.17) is 4.74 Å². The minimum atomic E-state index is -0.133. The van der Waals surface area contributed by atoms with Crippen LogP contribution < -0.4 is 0 Å². The molecule has 2 atom stereocenters. The van der Waals surface area contributed by atoms with E-state index in [0.717, 1.165) is 25.9 Å². The number of fused-ring (bicyclic) bond motifs is 1. The van der Waals surface area contributed by atoms with Crippen molar-refractivity contribution in [3.63, 3.8) is 0 Å². The third kappa shape index (κ3) is 3.18. The van der Waals surface area contributed by atoms with Crippen LogP contribution in [0.2, 0.25) is 0 Å². The minimum absolute atomic E-state index is 0.103. The zero-order chi connectivity index (χ0) is 15.5. The summed E-state index contributed by atoms with van der Waals surface area (Å²) in [5, 5.41) is 0. The second-order valence-corrected chi connectivity index (χ2v) is 6.55. The van der Waals surface area contributed by atoms with Crippen LogP contribution in [0.4, 0.5) is 0 Å². The molecule has 1 aromatic carbocycles. The Balaban J connectivity index is 1.70. The number of benzene rings is 1. The van der Waals surface area contributed by atoms with Crippen molar-refractivity contribution in [2.45, 2.75) is 44.3 Å². The monoisotopic (exact) mass is 302 g/mol. The lowest BCUT2D eigenvalue weighted by Crippen LogP contribution is -2.47. The first-order valence-electron chi connectivity index (χ1n) is 8.28. The zero-order valence-corrected chi connectivity index (χ0v) is 13.6. The summed E-state index contributed by atoms with van der Waals surface area (Å²) in [5.74, 6) is -0.103. The molecule has 120 valence electrons. The van der Waals surface area contributed by atoms with Gasteiger partial charge in [-0.3, -0.25) is 9.69 Å². The van der Waals surface area contributed by atoms with Gasteiger partial charge in [0.2, 0.25) is 0 Å².